The van der Waals surface area contributed by atoms with E-state index in [9.17, 15) is 4.79 Å². The summed E-state index contributed by atoms with van der Waals surface area (Å²) in [4.78, 5) is 11.6. The molecule has 1 aromatic rings. The highest BCUT2D eigenvalue weighted by atomic mass is 16.5. The topological polar surface area (TPSA) is 59.6 Å². The van der Waals surface area contributed by atoms with E-state index in [1.807, 2.05) is 24.3 Å². The average molecular weight is 278 g/mol. The van der Waals surface area contributed by atoms with Crippen LogP contribution in [0.2, 0.25) is 0 Å². The fraction of sp³-hybridized carbons (Fsp3) is 0.533. The molecule has 0 spiro atoms. The van der Waals surface area contributed by atoms with Crippen LogP contribution < -0.4 is 10.6 Å². The van der Waals surface area contributed by atoms with Gasteiger partial charge in [-0.3, -0.25) is 0 Å². The quantitative estimate of drug-likeness (QED) is 0.718. The van der Waals surface area contributed by atoms with Crippen LogP contribution in [0, 0.1) is 5.92 Å². The molecular formula is C15H22N2O3. The first kappa shape index (κ1) is 14.8. The summed E-state index contributed by atoms with van der Waals surface area (Å²) < 4.78 is 10.5. The first-order chi connectivity index (χ1) is 9.78. The number of methoxy groups -OCH3 is 1. The Hall–Kier alpha value is -1.59. The predicted molar refractivity (Wildman–Crippen MR) is 77.7 cm³/mol. The smallest absolute Gasteiger partial charge is 0.319 e. The number of hydrogen-bond acceptors (Lipinski definition) is 3. The van der Waals surface area contributed by atoms with Gasteiger partial charge in [-0.1, -0.05) is 12.1 Å². The largest absolute Gasteiger partial charge is 0.383 e. The monoisotopic (exact) mass is 278 g/mol. The van der Waals surface area contributed by atoms with Crippen molar-refractivity contribution in [3.8, 4) is 0 Å². The number of ether oxygens (including phenoxy) is 2. The van der Waals surface area contributed by atoms with Gasteiger partial charge in [0, 0.05) is 25.9 Å². The number of amides is 2. The fourth-order valence-electron chi connectivity index (χ4n) is 1.81. The van der Waals surface area contributed by atoms with Crippen molar-refractivity contribution in [2.75, 3.05) is 32.2 Å². The molecule has 1 aromatic carbocycles. The van der Waals surface area contributed by atoms with Crippen molar-refractivity contribution >= 4 is 11.7 Å². The Kier molecular flexibility index (Phi) is 5.83. The van der Waals surface area contributed by atoms with Crippen molar-refractivity contribution in [3.63, 3.8) is 0 Å². The van der Waals surface area contributed by atoms with Gasteiger partial charge in [-0.05, 0) is 36.5 Å². The second-order valence-electron chi connectivity index (χ2n) is 5.03. The highest BCUT2D eigenvalue weighted by molar-refractivity contribution is 5.89. The molecule has 0 unspecified atom stereocenters. The van der Waals surface area contributed by atoms with Crippen LogP contribution in [-0.4, -0.2) is 32.9 Å². The van der Waals surface area contributed by atoms with E-state index in [4.69, 9.17) is 9.47 Å². The molecule has 0 aromatic heterocycles. The number of carbonyl (C=O) groups is 1. The molecule has 0 saturated heterocycles. The zero-order valence-corrected chi connectivity index (χ0v) is 11.9. The lowest BCUT2D eigenvalue weighted by atomic mass is 10.2. The third-order valence-electron chi connectivity index (χ3n) is 3.10. The lowest BCUT2D eigenvalue weighted by molar-refractivity contribution is 0.111. The molecule has 0 bridgehead atoms. The van der Waals surface area contributed by atoms with Gasteiger partial charge >= 0.3 is 6.03 Å². The number of urea groups is 1. The molecule has 1 aliphatic carbocycles. The minimum absolute atomic E-state index is 0.224. The molecule has 20 heavy (non-hydrogen) atoms. The van der Waals surface area contributed by atoms with E-state index in [1.165, 1.54) is 12.8 Å². The Bertz CT molecular complexity index is 433. The number of benzene rings is 1. The SMILES string of the molecule is COCCNC(=O)Nc1cccc(COCC2CC2)c1. The normalized spacial score (nSPS) is 14.1. The number of hydrogen-bond donors (Lipinski definition) is 2. The predicted octanol–water partition coefficient (Wildman–Crippen LogP) is 2.38. The van der Waals surface area contributed by atoms with Crippen LogP contribution in [0.25, 0.3) is 0 Å². The molecule has 5 nitrogen and oxygen atoms in total. The second kappa shape index (κ2) is 7.87. The Labute approximate surface area is 119 Å². The maximum absolute atomic E-state index is 11.6. The molecule has 110 valence electrons. The molecule has 1 aliphatic rings. The van der Waals surface area contributed by atoms with Crippen LogP contribution in [-0.2, 0) is 16.1 Å². The standard InChI is InChI=1S/C15H22N2O3/c1-19-8-7-16-15(18)17-14-4-2-3-13(9-14)11-20-10-12-5-6-12/h2-4,9,12H,5-8,10-11H2,1H3,(H2,16,17,18). The van der Waals surface area contributed by atoms with Crippen LogP contribution in [0.1, 0.15) is 18.4 Å². The molecular weight excluding hydrogens is 256 g/mol. The van der Waals surface area contributed by atoms with E-state index >= 15 is 0 Å². The Balaban J connectivity index is 1.74. The first-order valence-corrected chi connectivity index (χ1v) is 6.98. The van der Waals surface area contributed by atoms with Crippen molar-refractivity contribution < 1.29 is 14.3 Å². The molecule has 1 fully saturated rings. The van der Waals surface area contributed by atoms with E-state index in [2.05, 4.69) is 10.6 Å². The van der Waals surface area contributed by atoms with Gasteiger partial charge in [-0.15, -0.1) is 0 Å². The Morgan fingerprint density at radius 3 is 3.00 bits per heavy atom. The van der Waals surface area contributed by atoms with Gasteiger partial charge in [0.15, 0.2) is 0 Å². The van der Waals surface area contributed by atoms with Gasteiger partial charge in [0.05, 0.1) is 13.2 Å². The molecule has 1 saturated carbocycles. The summed E-state index contributed by atoms with van der Waals surface area (Å²) in [6.07, 6.45) is 2.59. The van der Waals surface area contributed by atoms with E-state index in [-0.39, 0.29) is 6.03 Å². The van der Waals surface area contributed by atoms with Gasteiger partial charge in [-0.25, -0.2) is 4.79 Å². The lowest BCUT2D eigenvalue weighted by Crippen LogP contribution is -2.31. The minimum Gasteiger partial charge on any atom is -0.383 e. The fourth-order valence-corrected chi connectivity index (χ4v) is 1.81. The van der Waals surface area contributed by atoms with Crippen molar-refractivity contribution in [1.82, 2.24) is 5.32 Å². The van der Waals surface area contributed by atoms with E-state index in [0.29, 0.717) is 19.8 Å². The summed E-state index contributed by atoms with van der Waals surface area (Å²) in [6.45, 7) is 2.43. The van der Waals surface area contributed by atoms with Crippen LogP contribution in [0.15, 0.2) is 24.3 Å². The maximum Gasteiger partial charge on any atom is 0.319 e. The van der Waals surface area contributed by atoms with Crippen LogP contribution >= 0.6 is 0 Å². The molecule has 0 atom stereocenters. The molecule has 0 heterocycles. The summed E-state index contributed by atoms with van der Waals surface area (Å²) in [5, 5.41) is 5.50. The van der Waals surface area contributed by atoms with Gasteiger partial charge in [0.2, 0.25) is 0 Å². The number of rotatable bonds is 8. The molecule has 2 rings (SSSR count). The van der Waals surface area contributed by atoms with Crippen LogP contribution in [0.4, 0.5) is 10.5 Å². The number of anilines is 1. The number of carbonyl (C=O) groups excluding carboxylic acids is 1. The zero-order chi connectivity index (χ0) is 14.2. The summed E-state index contributed by atoms with van der Waals surface area (Å²) >= 11 is 0. The molecule has 2 N–H and O–H groups in total. The summed E-state index contributed by atoms with van der Waals surface area (Å²) in [5.74, 6) is 0.767. The van der Waals surface area contributed by atoms with Gasteiger partial charge in [0.25, 0.3) is 0 Å². The van der Waals surface area contributed by atoms with Crippen molar-refractivity contribution in [3.05, 3.63) is 29.8 Å². The minimum atomic E-state index is -0.224. The Morgan fingerprint density at radius 1 is 1.40 bits per heavy atom. The Morgan fingerprint density at radius 2 is 2.25 bits per heavy atom. The van der Waals surface area contributed by atoms with E-state index in [1.54, 1.807) is 7.11 Å². The van der Waals surface area contributed by atoms with Crippen molar-refractivity contribution in [1.29, 1.82) is 0 Å². The summed E-state index contributed by atoms with van der Waals surface area (Å²) in [6, 6.07) is 7.49. The van der Waals surface area contributed by atoms with Gasteiger partial charge < -0.3 is 20.1 Å². The van der Waals surface area contributed by atoms with Crippen LogP contribution in [0.3, 0.4) is 0 Å². The van der Waals surface area contributed by atoms with Crippen molar-refractivity contribution in [2.24, 2.45) is 5.92 Å². The maximum atomic E-state index is 11.6. The van der Waals surface area contributed by atoms with E-state index in [0.717, 1.165) is 23.8 Å². The summed E-state index contributed by atoms with van der Waals surface area (Å²) in [5.41, 5.74) is 1.84. The van der Waals surface area contributed by atoms with Crippen molar-refractivity contribution in [2.45, 2.75) is 19.4 Å². The molecule has 0 aliphatic heterocycles. The molecule has 5 heteroatoms. The number of nitrogens with one attached hydrogen (secondary N) is 2. The summed E-state index contributed by atoms with van der Waals surface area (Å²) in [7, 11) is 1.60. The second-order valence-corrected chi connectivity index (χ2v) is 5.03. The van der Waals surface area contributed by atoms with Crippen LogP contribution in [0.5, 0.6) is 0 Å². The highest BCUT2D eigenvalue weighted by Crippen LogP contribution is 2.29. The first-order valence-electron chi connectivity index (χ1n) is 6.98. The zero-order valence-electron chi connectivity index (χ0n) is 11.9. The van der Waals surface area contributed by atoms with Gasteiger partial charge in [-0.2, -0.15) is 0 Å². The third kappa shape index (κ3) is 5.59. The lowest BCUT2D eigenvalue weighted by Gasteiger charge is -2.09. The highest BCUT2D eigenvalue weighted by Gasteiger charge is 2.20. The third-order valence-corrected chi connectivity index (χ3v) is 3.10. The average Bonchev–Trinajstić information content (AvgIpc) is 3.24. The van der Waals surface area contributed by atoms with E-state index < -0.39 is 0 Å². The molecule has 2 amide bonds. The molecule has 0 radical (unpaired) electrons. The van der Waals surface area contributed by atoms with Gasteiger partial charge in [0.1, 0.15) is 0 Å².